The van der Waals surface area contributed by atoms with Crippen molar-refractivity contribution in [1.82, 2.24) is 9.88 Å². The van der Waals surface area contributed by atoms with Crippen molar-refractivity contribution < 1.29 is 23.5 Å². The third-order valence-electron chi connectivity index (χ3n) is 7.68. The van der Waals surface area contributed by atoms with Crippen molar-refractivity contribution in [3.63, 3.8) is 0 Å². The molecule has 0 spiro atoms. The number of rotatable bonds is 8. The van der Waals surface area contributed by atoms with Gasteiger partial charge in [0.15, 0.2) is 8.32 Å². The largest absolute Gasteiger partial charge is 0.462 e. The fourth-order valence-corrected chi connectivity index (χ4v) is 5.96. The summed E-state index contributed by atoms with van der Waals surface area (Å²) < 4.78 is 18.1. The lowest BCUT2D eigenvalue weighted by atomic mass is 10.0. The van der Waals surface area contributed by atoms with Gasteiger partial charge in [-0.1, -0.05) is 39.0 Å². The van der Waals surface area contributed by atoms with Crippen LogP contribution in [0.3, 0.4) is 0 Å². The highest BCUT2D eigenvalue weighted by Crippen LogP contribution is 2.44. The molecule has 3 rings (SSSR count). The Morgan fingerprint density at radius 2 is 1.72 bits per heavy atom. The summed E-state index contributed by atoms with van der Waals surface area (Å²) in [6.45, 7) is 19.0. The average molecular weight is 555 g/mol. The van der Waals surface area contributed by atoms with Crippen LogP contribution in [0.2, 0.25) is 18.1 Å². The van der Waals surface area contributed by atoms with Crippen LogP contribution in [0.5, 0.6) is 0 Å². The second-order valence-corrected chi connectivity index (χ2v) is 17.6. The minimum absolute atomic E-state index is 0.00286. The molecular weight excluding hydrogens is 508 g/mol. The van der Waals surface area contributed by atoms with Crippen molar-refractivity contribution in [3.8, 4) is 0 Å². The first-order valence-corrected chi connectivity index (χ1v) is 16.9. The molecule has 1 amide bonds. The first-order valence-electron chi connectivity index (χ1n) is 14.0. The lowest BCUT2D eigenvalue weighted by Crippen LogP contribution is -2.50. The molecule has 0 bridgehead atoms. The van der Waals surface area contributed by atoms with Crippen LogP contribution in [0.25, 0.3) is 0 Å². The first kappa shape index (κ1) is 30.8. The standard InChI is InChI=1S/C31H46N2O5Si/c1-10-36-28(34)23-15-13-22(14-16-23)20-25-17-18-26(33(25)29(35)37-30(2,3)4)27(24-12-11-19-32-21-24)38-39(8,9)31(5,6)7/h11-16,19,21,25-27H,10,17-18,20H2,1-9H3. The second-order valence-electron chi connectivity index (χ2n) is 12.9. The average Bonchev–Trinajstić information content (AvgIpc) is 3.25. The maximum atomic E-state index is 13.8. The van der Waals surface area contributed by atoms with Crippen molar-refractivity contribution >= 4 is 20.4 Å². The third-order valence-corrected chi connectivity index (χ3v) is 12.1. The van der Waals surface area contributed by atoms with E-state index in [1.807, 2.05) is 56.1 Å². The summed E-state index contributed by atoms with van der Waals surface area (Å²) >= 11 is 0. The third kappa shape index (κ3) is 7.91. The normalized spacial score (nSPS) is 19.1. The zero-order valence-electron chi connectivity index (χ0n) is 25.1. The smallest absolute Gasteiger partial charge is 0.410 e. The van der Waals surface area contributed by atoms with E-state index in [-0.39, 0.29) is 35.3 Å². The maximum absolute atomic E-state index is 13.8. The van der Waals surface area contributed by atoms with Crippen LogP contribution in [0, 0.1) is 0 Å². The minimum Gasteiger partial charge on any atom is -0.462 e. The summed E-state index contributed by atoms with van der Waals surface area (Å²) in [6, 6.07) is 11.2. The number of benzene rings is 1. The molecule has 1 saturated heterocycles. The molecule has 3 unspecified atom stereocenters. The number of ether oxygens (including phenoxy) is 2. The fraction of sp³-hybridized carbons (Fsp3) is 0.581. The summed E-state index contributed by atoms with van der Waals surface area (Å²) in [5, 5.41) is 0.00286. The van der Waals surface area contributed by atoms with Gasteiger partial charge in [0.2, 0.25) is 0 Å². The predicted octanol–water partition coefficient (Wildman–Crippen LogP) is 7.33. The van der Waals surface area contributed by atoms with E-state index in [4.69, 9.17) is 13.9 Å². The van der Waals surface area contributed by atoms with Crippen LogP contribution in [0.15, 0.2) is 48.8 Å². The Morgan fingerprint density at radius 1 is 1.05 bits per heavy atom. The van der Waals surface area contributed by atoms with Crippen molar-refractivity contribution in [2.45, 2.75) is 110 Å². The SMILES string of the molecule is CCOC(=O)c1ccc(CC2CCC(C(O[Si](C)(C)C(C)(C)C)c3cccnc3)N2C(=O)OC(C)(C)C)cc1. The van der Waals surface area contributed by atoms with E-state index in [2.05, 4.69) is 38.8 Å². The van der Waals surface area contributed by atoms with Crippen molar-refractivity contribution in [3.05, 3.63) is 65.5 Å². The summed E-state index contributed by atoms with van der Waals surface area (Å²) in [7, 11) is -2.20. The molecule has 2 aromatic rings. The van der Waals surface area contributed by atoms with E-state index in [1.54, 1.807) is 25.3 Å². The number of aromatic nitrogens is 1. The zero-order chi connectivity index (χ0) is 29.0. The van der Waals surface area contributed by atoms with Gasteiger partial charge in [-0.2, -0.15) is 0 Å². The van der Waals surface area contributed by atoms with Gasteiger partial charge in [-0.05, 0) is 94.4 Å². The molecule has 7 nitrogen and oxygen atoms in total. The van der Waals surface area contributed by atoms with Crippen LogP contribution in [0.1, 0.15) is 88.9 Å². The number of likely N-dealkylation sites (tertiary alicyclic amines) is 1. The molecule has 1 aromatic heterocycles. The van der Waals surface area contributed by atoms with Crippen LogP contribution in [-0.2, 0) is 20.3 Å². The zero-order valence-corrected chi connectivity index (χ0v) is 26.1. The van der Waals surface area contributed by atoms with E-state index in [9.17, 15) is 9.59 Å². The molecule has 0 saturated carbocycles. The van der Waals surface area contributed by atoms with E-state index >= 15 is 0 Å². The molecule has 1 aliphatic heterocycles. The quantitative estimate of drug-likeness (QED) is 0.251. The van der Waals surface area contributed by atoms with Gasteiger partial charge in [0.05, 0.1) is 24.3 Å². The van der Waals surface area contributed by atoms with Crippen molar-refractivity contribution in [2.24, 2.45) is 0 Å². The highest BCUT2D eigenvalue weighted by molar-refractivity contribution is 6.74. The Labute approximate surface area is 235 Å². The van der Waals surface area contributed by atoms with Gasteiger partial charge in [0, 0.05) is 18.4 Å². The van der Waals surface area contributed by atoms with E-state index in [0.29, 0.717) is 18.6 Å². The molecule has 8 heteroatoms. The minimum atomic E-state index is -2.20. The Bertz CT molecular complexity index is 1110. The number of hydrogen-bond donors (Lipinski definition) is 0. The molecule has 0 radical (unpaired) electrons. The lowest BCUT2D eigenvalue weighted by molar-refractivity contribution is -0.00244. The van der Waals surface area contributed by atoms with Crippen LogP contribution in [0.4, 0.5) is 4.79 Å². The fourth-order valence-electron chi connectivity index (χ4n) is 4.68. The van der Waals surface area contributed by atoms with Gasteiger partial charge in [-0.3, -0.25) is 9.88 Å². The Hall–Kier alpha value is -2.71. The van der Waals surface area contributed by atoms with Gasteiger partial charge in [0.1, 0.15) is 5.60 Å². The van der Waals surface area contributed by atoms with E-state index < -0.39 is 13.9 Å². The molecule has 0 N–H and O–H groups in total. The number of pyridine rings is 1. The van der Waals surface area contributed by atoms with Gasteiger partial charge < -0.3 is 13.9 Å². The van der Waals surface area contributed by atoms with Crippen LogP contribution < -0.4 is 0 Å². The number of nitrogens with zero attached hydrogens (tertiary/aromatic N) is 2. The molecule has 1 fully saturated rings. The summed E-state index contributed by atoms with van der Waals surface area (Å²) in [4.78, 5) is 32.2. The molecular formula is C31H46N2O5Si. The van der Waals surface area contributed by atoms with Crippen LogP contribution >= 0.6 is 0 Å². The van der Waals surface area contributed by atoms with Gasteiger partial charge in [0.25, 0.3) is 0 Å². The number of carbonyl (C=O) groups excluding carboxylic acids is 2. The summed E-state index contributed by atoms with van der Waals surface area (Å²) in [6.07, 6.45) is 5.23. The summed E-state index contributed by atoms with van der Waals surface area (Å²) in [5.41, 5.74) is 1.92. The Balaban J connectivity index is 1.96. The Morgan fingerprint density at radius 3 is 2.26 bits per heavy atom. The second kappa shape index (κ2) is 12.2. The number of amides is 1. The molecule has 39 heavy (non-hydrogen) atoms. The first-order chi connectivity index (χ1) is 18.1. The van der Waals surface area contributed by atoms with Crippen molar-refractivity contribution in [2.75, 3.05) is 6.61 Å². The van der Waals surface area contributed by atoms with Gasteiger partial charge >= 0.3 is 12.1 Å². The number of carbonyl (C=O) groups is 2. The highest BCUT2D eigenvalue weighted by atomic mass is 28.4. The van der Waals surface area contributed by atoms with Gasteiger partial charge in [-0.15, -0.1) is 0 Å². The lowest BCUT2D eigenvalue weighted by Gasteiger charge is -2.43. The molecule has 214 valence electrons. The molecule has 0 aliphatic carbocycles. The number of esters is 1. The van der Waals surface area contributed by atoms with Crippen molar-refractivity contribution in [1.29, 1.82) is 0 Å². The molecule has 3 atom stereocenters. The maximum Gasteiger partial charge on any atom is 0.410 e. The molecule has 1 aromatic carbocycles. The topological polar surface area (TPSA) is 78.0 Å². The number of hydrogen-bond acceptors (Lipinski definition) is 6. The van der Waals surface area contributed by atoms with Crippen LogP contribution in [-0.4, -0.2) is 54.6 Å². The summed E-state index contributed by atoms with van der Waals surface area (Å²) in [5.74, 6) is -0.331. The van der Waals surface area contributed by atoms with E-state index in [0.717, 1.165) is 24.0 Å². The Kier molecular flexibility index (Phi) is 9.65. The monoisotopic (exact) mass is 554 g/mol. The predicted molar refractivity (Wildman–Crippen MR) is 156 cm³/mol. The molecule has 1 aliphatic rings. The molecule has 2 heterocycles. The highest BCUT2D eigenvalue weighted by Gasteiger charge is 2.47. The van der Waals surface area contributed by atoms with E-state index in [1.165, 1.54) is 0 Å². The van der Waals surface area contributed by atoms with Gasteiger partial charge in [-0.25, -0.2) is 9.59 Å².